The number of hydrogen-bond acceptors (Lipinski definition) is 3. The molecule has 0 amide bonds. The van der Waals surface area contributed by atoms with E-state index in [0.717, 1.165) is 24.7 Å². The Morgan fingerprint density at radius 1 is 0.733 bits per heavy atom. The predicted molar refractivity (Wildman–Crippen MR) is 139 cm³/mol. The lowest BCUT2D eigenvalue weighted by Crippen LogP contribution is -2.23. The van der Waals surface area contributed by atoms with Crippen molar-refractivity contribution in [3.05, 3.63) is 0 Å². The first kappa shape index (κ1) is 39.7. The molecule has 0 aliphatic carbocycles. The number of rotatable bonds is 11. The molecule has 3 nitrogen and oxygen atoms in total. The third-order valence-electron chi connectivity index (χ3n) is 4.52. The van der Waals surface area contributed by atoms with Crippen LogP contribution in [-0.4, -0.2) is 18.1 Å². The Hall–Kier alpha value is -0.700. The lowest BCUT2D eigenvalue weighted by molar-refractivity contribution is -0.138. The molecule has 0 radical (unpaired) electrons. The Labute approximate surface area is 192 Å². The number of carbonyl (C=O) groups excluding carboxylic acids is 2. The average molecular weight is 432 g/mol. The zero-order chi connectivity index (χ0) is 25.0. The summed E-state index contributed by atoms with van der Waals surface area (Å²) in [6, 6.07) is 0. The van der Waals surface area contributed by atoms with Gasteiger partial charge in [0.25, 0.3) is 0 Å². The summed E-state index contributed by atoms with van der Waals surface area (Å²) in [6.07, 6.45) is 10.4. The third kappa shape index (κ3) is 38.0. The molecule has 0 bridgehead atoms. The molecule has 0 fully saturated rings. The molecule has 2 N–H and O–H groups in total. The molecule has 0 aromatic carbocycles. The number of hydrogen-bond donors (Lipinski definition) is 1. The van der Waals surface area contributed by atoms with Crippen molar-refractivity contribution < 1.29 is 9.59 Å². The first-order valence-electron chi connectivity index (χ1n) is 12.9. The minimum atomic E-state index is -0.345. The number of unbranched alkanes of at least 4 members (excludes halogenated alkanes) is 2. The first-order valence-corrected chi connectivity index (χ1v) is 12.9. The number of nitrogens with two attached hydrogens (primary N) is 1. The van der Waals surface area contributed by atoms with Gasteiger partial charge in [0.1, 0.15) is 0 Å². The normalized spacial score (nSPS) is 11.1. The Bertz CT molecular complexity index is 306. The largest absolute Gasteiger partial charge is 0.330 e. The highest BCUT2D eigenvalue weighted by Crippen LogP contribution is 2.16. The molecule has 0 spiro atoms. The molecule has 2 unspecified atom stereocenters. The van der Waals surface area contributed by atoms with Gasteiger partial charge in [0.05, 0.1) is 0 Å². The van der Waals surface area contributed by atoms with Crippen LogP contribution < -0.4 is 5.73 Å². The van der Waals surface area contributed by atoms with Crippen LogP contribution in [-0.2, 0) is 9.59 Å². The standard InChI is InChI=1S/C9H17NO2.C9H20.C4H10.C3H8.C2H6/c1-3-4-8(5-6-10)9(12)7(2)11;1-5-6-7-9(4)8(2)3;1-3-4-2;1-3-2;1-2/h8H,3-6,10H2,1-2H3;8-9H,5-7H2,1-4H3;3-4H2,1-2H3;3H2,1-2H3;1-2H3. The maximum atomic E-state index is 11.2. The molecule has 2 atom stereocenters. The van der Waals surface area contributed by atoms with Gasteiger partial charge in [-0.15, -0.1) is 0 Å². The molecular formula is C27H61NO2. The molecule has 0 aliphatic heterocycles. The van der Waals surface area contributed by atoms with Crippen LogP contribution >= 0.6 is 0 Å². The zero-order valence-corrected chi connectivity index (χ0v) is 23.2. The van der Waals surface area contributed by atoms with E-state index in [9.17, 15) is 9.59 Å². The SMILES string of the molecule is CC.CCC.CCCC.CCCC(CCN)C(=O)C(C)=O.CCCCC(C)C(C)C. The summed E-state index contributed by atoms with van der Waals surface area (Å²) in [5, 5.41) is 0. The minimum absolute atomic E-state index is 0.141. The van der Waals surface area contributed by atoms with Gasteiger partial charge in [-0.25, -0.2) is 0 Å². The van der Waals surface area contributed by atoms with Gasteiger partial charge in [0.15, 0.2) is 5.78 Å². The van der Waals surface area contributed by atoms with E-state index in [1.54, 1.807) is 0 Å². The van der Waals surface area contributed by atoms with E-state index in [4.69, 9.17) is 5.73 Å². The lowest BCUT2D eigenvalue weighted by atomic mass is 9.93. The molecule has 0 aliphatic rings. The molecule has 0 saturated carbocycles. The predicted octanol–water partition coefficient (Wildman–Crippen LogP) is 8.63. The van der Waals surface area contributed by atoms with E-state index in [0.29, 0.717) is 13.0 Å². The monoisotopic (exact) mass is 431 g/mol. The van der Waals surface area contributed by atoms with Crippen LogP contribution in [0.3, 0.4) is 0 Å². The fourth-order valence-corrected chi connectivity index (χ4v) is 2.10. The van der Waals surface area contributed by atoms with E-state index < -0.39 is 0 Å². The van der Waals surface area contributed by atoms with E-state index >= 15 is 0 Å². The Kier molecular flexibility index (Phi) is 47.3. The summed E-state index contributed by atoms with van der Waals surface area (Å²) in [6.45, 7) is 25.6. The second kappa shape index (κ2) is 35.7. The van der Waals surface area contributed by atoms with Gasteiger partial charge < -0.3 is 5.73 Å². The van der Waals surface area contributed by atoms with Crippen molar-refractivity contribution in [1.29, 1.82) is 0 Å². The van der Waals surface area contributed by atoms with E-state index in [1.165, 1.54) is 45.4 Å². The fourth-order valence-electron chi connectivity index (χ4n) is 2.10. The van der Waals surface area contributed by atoms with Crippen molar-refractivity contribution >= 4 is 11.6 Å². The smallest absolute Gasteiger partial charge is 0.201 e. The highest BCUT2D eigenvalue weighted by atomic mass is 16.2. The van der Waals surface area contributed by atoms with E-state index in [-0.39, 0.29) is 17.5 Å². The van der Waals surface area contributed by atoms with Crippen molar-refractivity contribution in [2.75, 3.05) is 6.54 Å². The summed E-state index contributed by atoms with van der Waals surface area (Å²) in [5.74, 6) is 1.04. The fraction of sp³-hybridized carbons (Fsp3) is 0.926. The van der Waals surface area contributed by atoms with Gasteiger partial charge in [-0.3, -0.25) is 9.59 Å². The van der Waals surface area contributed by atoms with Crippen LogP contribution in [0, 0.1) is 17.8 Å². The molecule has 0 aromatic heterocycles. The van der Waals surface area contributed by atoms with E-state index in [1.807, 2.05) is 20.8 Å². The Balaban J connectivity index is -0.000000101. The molecule has 0 aromatic rings. The second-order valence-corrected chi connectivity index (χ2v) is 8.05. The van der Waals surface area contributed by atoms with Gasteiger partial charge in [-0.05, 0) is 31.2 Å². The highest BCUT2D eigenvalue weighted by molar-refractivity contribution is 6.37. The molecular weight excluding hydrogens is 370 g/mol. The van der Waals surface area contributed by atoms with Gasteiger partial charge in [-0.2, -0.15) is 0 Å². The minimum Gasteiger partial charge on any atom is -0.330 e. The van der Waals surface area contributed by atoms with Gasteiger partial charge >= 0.3 is 0 Å². The van der Waals surface area contributed by atoms with Gasteiger partial charge in [0, 0.05) is 12.8 Å². The number of carbonyl (C=O) groups is 2. The van der Waals surface area contributed by atoms with E-state index in [2.05, 4.69) is 55.4 Å². The maximum Gasteiger partial charge on any atom is 0.201 e. The third-order valence-corrected chi connectivity index (χ3v) is 4.52. The quantitative estimate of drug-likeness (QED) is 0.333. The molecule has 30 heavy (non-hydrogen) atoms. The topological polar surface area (TPSA) is 60.2 Å². The van der Waals surface area contributed by atoms with Crippen molar-refractivity contribution in [2.45, 2.75) is 141 Å². The highest BCUT2D eigenvalue weighted by Gasteiger charge is 2.19. The summed E-state index contributed by atoms with van der Waals surface area (Å²) < 4.78 is 0. The second-order valence-electron chi connectivity index (χ2n) is 8.05. The first-order chi connectivity index (χ1) is 14.1. The van der Waals surface area contributed by atoms with Crippen molar-refractivity contribution in [3.8, 4) is 0 Å². The van der Waals surface area contributed by atoms with Gasteiger partial charge in [-0.1, -0.05) is 121 Å². The molecule has 186 valence electrons. The van der Waals surface area contributed by atoms with Crippen LogP contribution in [0.5, 0.6) is 0 Å². The Morgan fingerprint density at radius 3 is 1.40 bits per heavy atom. The van der Waals surface area contributed by atoms with Crippen LogP contribution in [0.1, 0.15) is 141 Å². The summed E-state index contributed by atoms with van der Waals surface area (Å²) in [7, 11) is 0. The van der Waals surface area contributed by atoms with Crippen LogP contribution in [0.4, 0.5) is 0 Å². The van der Waals surface area contributed by atoms with Crippen LogP contribution in [0.25, 0.3) is 0 Å². The molecule has 0 saturated heterocycles. The number of ketones is 2. The lowest BCUT2D eigenvalue weighted by Gasteiger charge is -2.13. The summed E-state index contributed by atoms with van der Waals surface area (Å²) >= 11 is 0. The average Bonchev–Trinajstić information content (AvgIpc) is 2.73. The summed E-state index contributed by atoms with van der Waals surface area (Å²) in [5.41, 5.74) is 5.33. The van der Waals surface area contributed by atoms with Crippen LogP contribution in [0.15, 0.2) is 0 Å². The Morgan fingerprint density at radius 2 is 1.17 bits per heavy atom. The molecule has 3 heteroatoms. The number of Topliss-reactive ketones (excluding diaryl/α,β-unsaturated/α-hetero) is 2. The zero-order valence-electron chi connectivity index (χ0n) is 23.2. The molecule has 0 heterocycles. The van der Waals surface area contributed by atoms with Gasteiger partial charge in [0.2, 0.25) is 5.78 Å². The maximum absolute atomic E-state index is 11.2. The van der Waals surface area contributed by atoms with Crippen LogP contribution in [0.2, 0.25) is 0 Å². The van der Waals surface area contributed by atoms with Crippen molar-refractivity contribution in [1.82, 2.24) is 0 Å². The summed E-state index contributed by atoms with van der Waals surface area (Å²) in [4.78, 5) is 22.0. The molecule has 0 rings (SSSR count). The van der Waals surface area contributed by atoms with Crippen molar-refractivity contribution in [2.24, 2.45) is 23.5 Å². The van der Waals surface area contributed by atoms with Crippen molar-refractivity contribution in [3.63, 3.8) is 0 Å².